The maximum Gasteiger partial charge on any atom is 0.164 e. The van der Waals surface area contributed by atoms with E-state index in [2.05, 4.69) is 50.7 Å². The van der Waals surface area contributed by atoms with Gasteiger partial charge in [0.25, 0.3) is 0 Å². The third-order valence-electron chi connectivity index (χ3n) is 5.35. The van der Waals surface area contributed by atoms with Gasteiger partial charge in [-0.05, 0) is 47.0 Å². The van der Waals surface area contributed by atoms with Crippen LogP contribution in [0.5, 0.6) is 17.2 Å². The lowest BCUT2D eigenvalue weighted by atomic mass is 9.99. The van der Waals surface area contributed by atoms with Gasteiger partial charge >= 0.3 is 0 Å². The van der Waals surface area contributed by atoms with E-state index in [0.29, 0.717) is 5.75 Å². The molecule has 1 aromatic carbocycles. The summed E-state index contributed by atoms with van der Waals surface area (Å²) in [5.41, 5.74) is 3.71. The van der Waals surface area contributed by atoms with E-state index in [4.69, 9.17) is 14.2 Å². The molecule has 0 fully saturated rings. The summed E-state index contributed by atoms with van der Waals surface area (Å²) in [6.07, 6.45) is 3.28. The molecule has 2 aromatic heterocycles. The van der Waals surface area contributed by atoms with Crippen LogP contribution in [0, 0.1) is 0 Å². The number of benzene rings is 1. The van der Waals surface area contributed by atoms with Gasteiger partial charge in [0.15, 0.2) is 11.5 Å². The molecule has 0 spiro atoms. The maximum atomic E-state index is 5.79. The van der Waals surface area contributed by atoms with Gasteiger partial charge in [-0.3, -0.25) is 4.90 Å². The molecule has 1 aliphatic rings. The van der Waals surface area contributed by atoms with Crippen molar-refractivity contribution in [2.24, 2.45) is 0 Å². The van der Waals surface area contributed by atoms with Crippen LogP contribution in [0.3, 0.4) is 0 Å². The summed E-state index contributed by atoms with van der Waals surface area (Å²) < 4.78 is 19.2. The molecule has 0 amide bonds. The Bertz CT molecular complexity index is 920. The molecule has 3 heterocycles. The van der Waals surface area contributed by atoms with Crippen LogP contribution < -0.4 is 14.2 Å². The molecule has 0 saturated carbocycles. The lowest BCUT2D eigenvalue weighted by molar-refractivity contribution is 0.216. The fourth-order valence-electron chi connectivity index (χ4n) is 4.05. The minimum atomic E-state index is 0.0761. The number of ether oxygens (including phenoxy) is 3. The van der Waals surface area contributed by atoms with E-state index in [1.165, 1.54) is 11.3 Å². The largest absolute Gasteiger partial charge is 0.496 e. The first-order valence-corrected chi connectivity index (χ1v) is 10.4. The van der Waals surface area contributed by atoms with Crippen LogP contribution in [0.4, 0.5) is 0 Å². The van der Waals surface area contributed by atoms with Crippen molar-refractivity contribution in [3.05, 3.63) is 64.1 Å². The number of nitrogens with zero attached hydrogens (tertiary/aromatic N) is 2. The molecule has 1 atom stereocenters. The number of aromatic nitrogens is 1. The monoisotopic (exact) mass is 398 g/mol. The second-order valence-corrected chi connectivity index (χ2v) is 7.71. The lowest BCUT2D eigenvalue weighted by Gasteiger charge is -2.31. The number of rotatable bonds is 6. The first-order chi connectivity index (χ1) is 13.7. The third-order valence-corrected chi connectivity index (χ3v) is 6.08. The first kappa shape index (κ1) is 18.9. The molecule has 0 N–H and O–H groups in total. The Hall–Kier alpha value is -2.44. The summed E-state index contributed by atoms with van der Waals surface area (Å²) in [5.74, 6) is 2.21. The topological polar surface area (TPSA) is 35.9 Å². The van der Waals surface area contributed by atoms with Crippen LogP contribution in [0.15, 0.2) is 47.3 Å². The van der Waals surface area contributed by atoms with Crippen LogP contribution in [-0.2, 0) is 13.1 Å². The van der Waals surface area contributed by atoms with Crippen molar-refractivity contribution in [3.63, 3.8) is 0 Å². The zero-order valence-corrected chi connectivity index (χ0v) is 17.4. The summed E-state index contributed by atoms with van der Waals surface area (Å²) in [4.78, 5) is 2.53. The Balaban J connectivity index is 1.85. The number of methoxy groups -OCH3 is 3. The fraction of sp³-hybridized carbons (Fsp3) is 0.364. The lowest BCUT2D eigenvalue weighted by Crippen LogP contribution is -2.29. The molecule has 1 aliphatic heterocycles. The van der Waals surface area contributed by atoms with Crippen molar-refractivity contribution >= 4 is 11.3 Å². The molecule has 5 nitrogen and oxygen atoms in total. The predicted molar refractivity (Wildman–Crippen MR) is 112 cm³/mol. The molecule has 4 rings (SSSR count). The van der Waals surface area contributed by atoms with E-state index in [1.807, 2.05) is 6.07 Å². The van der Waals surface area contributed by atoms with Gasteiger partial charge in [0.2, 0.25) is 0 Å². The van der Waals surface area contributed by atoms with Gasteiger partial charge in [-0.1, -0.05) is 0 Å². The van der Waals surface area contributed by atoms with Gasteiger partial charge in [0.05, 0.1) is 27.4 Å². The smallest absolute Gasteiger partial charge is 0.164 e. The van der Waals surface area contributed by atoms with E-state index in [9.17, 15) is 0 Å². The number of hydrogen-bond donors (Lipinski definition) is 0. The van der Waals surface area contributed by atoms with Crippen molar-refractivity contribution in [2.75, 3.05) is 27.9 Å². The van der Waals surface area contributed by atoms with E-state index in [-0.39, 0.29) is 6.04 Å². The van der Waals surface area contributed by atoms with E-state index < -0.39 is 0 Å². The molecule has 1 unspecified atom stereocenters. The van der Waals surface area contributed by atoms with Gasteiger partial charge in [-0.15, -0.1) is 0 Å². The predicted octanol–water partition coefficient (Wildman–Crippen LogP) is 4.57. The normalized spacial score (nSPS) is 17.0. The number of hydrogen-bond acceptors (Lipinski definition) is 5. The summed E-state index contributed by atoms with van der Waals surface area (Å²) in [5, 5.41) is 4.37. The molecule has 3 aromatic rings. The van der Waals surface area contributed by atoms with Crippen molar-refractivity contribution in [1.82, 2.24) is 9.47 Å². The van der Waals surface area contributed by atoms with Crippen LogP contribution in [0.2, 0.25) is 0 Å². The Kier molecular flexibility index (Phi) is 5.59. The van der Waals surface area contributed by atoms with Crippen molar-refractivity contribution in [2.45, 2.75) is 25.6 Å². The summed E-state index contributed by atoms with van der Waals surface area (Å²) >= 11 is 1.74. The fourth-order valence-corrected chi connectivity index (χ4v) is 4.71. The Morgan fingerprint density at radius 1 is 1.00 bits per heavy atom. The van der Waals surface area contributed by atoms with Crippen LogP contribution >= 0.6 is 11.3 Å². The highest BCUT2D eigenvalue weighted by atomic mass is 32.1. The molecule has 28 heavy (non-hydrogen) atoms. The zero-order chi connectivity index (χ0) is 19.5. The standard InChI is InChI=1S/C22H26N2O3S/c1-25-19-13-21(27-3)20(26-2)12-17(19)22-18-6-4-8-23(18)9-5-10-24(22)14-16-7-11-28-15-16/h4,6-8,11-13,15,22H,5,9-10,14H2,1-3H3. The molecule has 148 valence electrons. The highest BCUT2D eigenvalue weighted by molar-refractivity contribution is 7.07. The molecular formula is C22H26N2O3S. The Morgan fingerprint density at radius 2 is 1.79 bits per heavy atom. The summed E-state index contributed by atoms with van der Waals surface area (Å²) in [6, 6.07) is 10.6. The van der Waals surface area contributed by atoms with E-state index >= 15 is 0 Å². The highest BCUT2D eigenvalue weighted by Gasteiger charge is 2.31. The number of thiophene rings is 1. The first-order valence-electron chi connectivity index (χ1n) is 9.45. The summed E-state index contributed by atoms with van der Waals surface area (Å²) in [7, 11) is 5.04. The zero-order valence-electron chi connectivity index (χ0n) is 16.6. The molecule has 0 aliphatic carbocycles. The highest BCUT2D eigenvalue weighted by Crippen LogP contribution is 2.43. The second-order valence-electron chi connectivity index (χ2n) is 6.93. The Morgan fingerprint density at radius 3 is 2.50 bits per heavy atom. The van der Waals surface area contributed by atoms with Gasteiger partial charge < -0.3 is 18.8 Å². The summed E-state index contributed by atoms with van der Waals surface area (Å²) in [6.45, 7) is 2.94. The van der Waals surface area contributed by atoms with Gasteiger partial charge in [-0.25, -0.2) is 0 Å². The number of fused-ring (bicyclic) bond motifs is 1. The van der Waals surface area contributed by atoms with Crippen molar-refractivity contribution in [1.29, 1.82) is 0 Å². The second kappa shape index (κ2) is 8.29. The minimum Gasteiger partial charge on any atom is -0.496 e. The molecule has 6 heteroatoms. The van der Waals surface area contributed by atoms with Crippen molar-refractivity contribution in [3.8, 4) is 17.2 Å². The van der Waals surface area contributed by atoms with Gasteiger partial charge in [0.1, 0.15) is 5.75 Å². The SMILES string of the molecule is COc1cc(OC)c(C2c3cccn3CCCN2Cc2ccsc2)cc1OC. The molecule has 0 saturated heterocycles. The quantitative estimate of drug-likeness (QED) is 0.609. The van der Waals surface area contributed by atoms with Gasteiger partial charge in [-0.2, -0.15) is 11.3 Å². The van der Waals surface area contributed by atoms with Crippen LogP contribution in [-0.4, -0.2) is 37.3 Å². The van der Waals surface area contributed by atoms with E-state index in [1.54, 1.807) is 32.7 Å². The average Bonchev–Trinajstić information content (AvgIpc) is 3.37. The van der Waals surface area contributed by atoms with E-state index in [0.717, 1.165) is 43.1 Å². The average molecular weight is 399 g/mol. The van der Waals surface area contributed by atoms with Crippen LogP contribution in [0.25, 0.3) is 0 Å². The van der Waals surface area contributed by atoms with Crippen LogP contribution in [0.1, 0.15) is 29.3 Å². The maximum absolute atomic E-state index is 5.79. The molecule has 0 bridgehead atoms. The third kappa shape index (κ3) is 3.50. The molecular weight excluding hydrogens is 372 g/mol. The van der Waals surface area contributed by atoms with Gasteiger partial charge in [0, 0.05) is 43.2 Å². The minimum absolute atomic E-state index is 0.0761. The number of aryl methyl sites for hydroxylation is 1. The molecule has 0 radical (unpaired) electrons. The van der Waals surface area contributed by atoms with Crippen molar-refractivity contribution < 1.29 is 14.2 Å². The Labute approximate surface area is 170 Å².